The van der Waals surface area contributed by atoms with Crippen LogP contribution < -0.4 is 5.32 Å². The molecule has 0 aromatic carbocycles. The highest BCUT2D eigenvalue weighted by Crippen LogP contribution is 2.20. The Kier molecular flexibility index (Phi) is 5.77. The van der Waals surface area contributed by atoms with Gasteiger partial charge in [0.2, 0.25) is 5.91 Å². The molecule has 0 saturated carbocycles. The molecule has 0 aliphatic carbocycles. The maximum Gasteiger partial charge on any atom is 0.244 e. The van der Waals surface area contributed by atoms with Gasteiger partial charge in [-0.2, -0.15) is 5.10 Å². The van der Waals surface area contributed by atoms with Crippen LogP contribution in [0.2, 0.25) is 5.15 Å². The second kappa shape index (κ2) is 6.90. The lowest BCUT2D eigenvalue weighted by Crippen LogP contribution is -2.49. The first-order chi connectivity index (χ1) is 9.39. The Labute approximate surface area is 124 Å². The number of aliphatic hydroxyl groups excluding tert-OH is 1. The molecule has 0 spiro atoms. The molecule has 1 heterocycles. The maximum absolute atomic E-state index is 12.0. The van der Waals surface area contributed by atoms with Gasteiger partial charge in [0.1, 0.15) is 5.15 Å². The summed E-state index contributed by atoms with van der Waals surface area (Å²) in [6, 6.07) is 0. The average Bonchev–Trinajstić information content (AvgIpc) is 2.68. The third kappa shape index (κ3) is 3.61. The monoisotopic (exact) mass is 299 g/mol. The van der Waals surface area contributed by atoms with Crippen LogP contribution >= 0.6 is 11.6 Å². The third-order valence-corrected chi connectivity index (χ3v) is 4.09. The standard InChI is InChI=1S/C14H22ClN3O2/c1-5-14(6-2,9-19)16-12(20)8-7-11-10(3)17-18(4)13(11)15/h7-8,19H,5-6,9H2,1-4H3,(H,16,20). The van der Waals surface area contributed by atoms with Gasteiger partial charge in [0, 0.05) is 18.7 Å². The number of aliphatic hydroxyl groups is 1. The lowest BCUT2D eigenvalue weighted by atomic mass is 9.94. The van der Waals surface area contributed by atoms with Crippen LogP contribution in [0.1, 0.15) is 37.9 Å². The fourth-order valence-electron chi connectivity index (χ4n) is 1.99. The van der Waals surface area contributed by atoms with E-state index in [0.717, 1.165) is 11.3 Å². The van der Waals surface area contributed by atoms with Crippen molar-refractivity contribution in [2.24, 2.45) is 7.05 Å². The van der Waals surface area contributed by atoms with E-state index >= 15 is 0 Å². The van der Waals surface area contributed by atoms with Gasteiger partial charge in [-0.15, -0.1) is 0 Å². The molecule has 0 aliphatic heterocycles. The van der Waals surface area contributed by atoms with Gasteiger partial charge in [-0.05, 0) is 25.8 Å². The van der Waals surface area contributed by atoms with Gasteiger partial charge in [0.05, 0.1) is 17.8 Å². The fraction of sp³-hybridized carbons (Fsp3) is 0.571. The minimum absolute atomic E-state index is 0.0771. The molecule has 2 N–H and O–H groups in total. The molecule has 1 rings (SSSR count). The number of carbonyl (C=O) groups excluding carboxylic acids is 1. The second-order valence-electron chi connectivity index (χ2n) is 4.88. The molecule has 5 nitrogen and oxygen atoms in total. The molecule has 0 atom stereocenters. The molecular weight excluding hydrogens is 278 g/mol. The normalized spacial score (nSPS) is 12.1. The lowest BCUT2D eigenvalue weighted by molar-refractivity contribution is -0.119. The smallest absolute Gasteiger partial charge is 0.244 e. The Bertz CT molecular complexity index is 496. The Morgan fingerprint density at radius 3 is 2.50 bits per heavy atom. The Morgan fingerprint density at radius 2 is 2.10 bits per heavy atom. The molecule has 0 radical (unpaired) electrons. The summed E-state index contributed by atoms with van der Waals surface area (Å²) < 4.78 is 1.56. The first kappa shape index (κ1) is 16.7. The molecule has 0 unspecified atom stereocenters. The predicted molar refractivity (Wildman–Crippen MR) is 80.5 cm³/mol. The summed E-state index contributed by atoms with van der Waals surface area (Å²) >= 11 is 6.09. The number of nitrogens with one attached hydrogen (secondary N) is 1. The van der Waals surface area contributed by atoms with Gasteiger partial charge in [0.15, 0.2) is 0 Å². The van der Waals surface area contributed by atoms with Crippen molar-refractivity contribution in [1.29, 1.82) is 0 Å². The lowest BCUT2D eigenvalue weighted by Gasteiger charge is -2.30. The van der Waals surface area contributed by atoms with Crippen molar-refractivity contribution in [3.8, 4) is 0 Å². The molecule has 112 valence electrons. The number of rotatable bonds is 6. The van der Waals surface area contributed by atoms with E-state index in [-0.39, 0.29) is 12.5 Å². The SMILES string of the molecule is CCC(CC)(CO)NC(=O)C=Cc1c(C)nn(C)c1Cl. The van der Waals surface area contributed by atoms with Crippen molar-refractivity contribution >= 4 is 23.6 Å². The van der Waals surface area contributed by atoms with Crippen molar-refractivity contribution in [3.05, 3.63) is 22.5 Å². The molecule has 1 aromatic rings. The van der Waals surface area contributed by atoms with Gasteiger partial charge >= 0.3 is 0 Å². The highest BCUT2D eigenvalue weighted by atomic mass is 35.5. The number of aryl methyl sites for hydroxylation is 2. The summed E-state index contributed by atoms with van der Waals surface area (Å²) in [6.07, 6.45) is 4.41. The fourth-order valence-corrected chi connectivity index (χ4v) is 2.23. The molecule has 1 amide bonds. The number of halogens is 1. The van der Waals surface area contributed by atoms with E-state index in [9.17, 15) is 9.90 Å². The topological polar surface area (TPSA) is 67.2 Å². The summed E-state index contributed by atoms with van der Waals surface area (Å²) in [4.78, 5) is 12.0. The minimum atomic E-state index is -0.560. The average molecular weight is 300 g/mol. The van der Waals surface area contributed by atoms with Crippen LogP contribution in [-0.2, 0) is 11.8 Å². The van der Waals surface area contributed by atoms with E-state index in [1.165, 1.54) is 6.08 Å². The van der Waals surface area contributed by atoms with Gasteiger partial charge in [0.25, 0.3) is 0 Å². The molecule has 1 aromatic heterocycles. The predicted octanol–water partition coefficient (Wildman–Crippen LogP) is 2.06. The molecule has 6 heteroatoms. The van der Waals surface area contributed by atoms with Crippen molar-refractivity contribution in [2.75, 3.05) is 6.61 Å². The van der Waals surface area contributed by atoms with Crippen LogP contribution in [0.3, 0.4) is 0 Å². The quantitative estimate of drug-likeness (QED) is 0.790. The van der Waals surface area contributed by atoms with E-state index in [4.69, 9.17) is 11.6 Å². The molecule has 0 fully saturated rings. The Hall–Kier alpha value is -1.33. The molecule has 0 bridgehead atoms. The first-order valence-electron chi connectivity index (χ1n) is 6.69. The summed E-state index contributed by atoms with van der Waals surface area (Å²) in [5.41, 5.74) is 0.933. The van der Waals surface area contributed by atoms with Crippen LogP contribution in [0.4, 0.5) is 0 Å². The zero-order chi connectivity index (χ0) is 15.3. The van der Waals surface area contributed by atoms with E-state index in [1.54, 1.807) is 17.8 Å². The summed E-state index contributed by atoms with van der Waals surface area (Å²) in [7, 11) is 1.75. The number of carbonyl (C=O) groups is 1. The van der Waals surface area contributed by atoms with E-state index in [1.807, 2.05) is 20.8 Å². The Balaban J connectivity index is 2.83. The van der Waals surface area contributed by atoms with Crippen molar-refractivity contribution < 1.29 is 9.90 Å². The van der Waals surface area contributed by atoms with Crippen LogP contribution in [0, 0.1) is 6.92 Å². The summed E-state index contributed by atoms with van der Waals surface area (Å²) in [5, 5.41) is 16.9. The van der Waals surface area contributed by atoms with Gasteiger partial charge in [-0.1, -0.05) is 25.4 Å². The van der Waals surface area contributed by atoms with Crippen molar-refractivity contribution in [2.45, 2.75) is 39.2 Å². The zero-order valence-electron chi connectivity index (χ0n) is 12.4. The van der Waals surface area contributed by atoms with Crippen LogP contribution in [-0.4, -0.2) is 32.9 Å². The zero-order valence-corrected chi connectivity index (χ0v) is 13.2. The third-order valence-electron chi connectivity index (χ3n) is 3.64. The highest BCUT2D eigenvalue weighted by Gasteiger charge is 2.26. The van der Waals surface area contributed by atoms with Gasteiger partial charge in [-0.3, -0.25) is 9.48 Å². The van der Waals surface area contributed by atoms with Crippen molar-refractivity contribution in [3.63, 3.8) is 0 Å². The van der Waals surface area contributed by atoms with E-state index < -0.39 is 5.54 Å². The number of aromatic nitrogens is 2. The number of nitrogens with zero attached hydrogens (tertiary/aromatic N) is 2. The van der Waals surface area contributed by atoms with E-state index in [0.29, 0.717) is 18.0 Å². The largest absolute Gasteiger partial charge is 0.394 e. The molecule has 20 heavy (non-hydrogen) atoms. The van der Waals surface area contributed by atoms with E-state index in [2.05, 4.69) is 10.4 Å². The second-order valence-corrected chi connectivity index (χ2v) is 5.24. The number of hydrogen-bond donors (Lipinski definition) is 2. The first-order valence-corrected chi connectivity index (χ1v) is 7.07. The van der Waals surface area contributed by atoms with Crippen LogP contribution in [0.15, 0.2) is 6.08 Å². The summed E-state index contributed by atoms with van der Waals surface area (Å²) in [5.74, 6) is -0.248. The maximum atomic E-state index is 12.0. The molecule has 0 saturated heterocycles. The highest BCUT2D eigenvalue weighted by molar-refractivity contribution is 6.31. The molecular formula is C14H22ClN3O2. The Morgan fingerprint density at radius 1 is 1.50 bits per heavy atom. The van der Waals surface area contributed by atoms with Gasteiger partial charge < -0.3 is 10.4 Å². The number of amides is 1. The number of hydrogen-bond acceptors (Lipinski definition) is 3. The van der Waals surface area contributed by atoms with Crippen LogP contribution in [0.5, 0.6) is 0 Å². The summed E-state index contributed by atoms with van der Waals surface area (Å²) in [6.45, 7) is 5.63. The minimum Gasteiger partial charge on any atom is -0.394 e. The van der Waals surface area contributed by atoms with Crippen LogP contribution in [0.25, 0.3) is 6.08 Å². The van der Waals surface area contributed by atoms with Gasteiger partial charge in [-0.25, -0.2) is 0 Å². The molecule has 0 aliphatic rings. The van der Waals surface area contributed by atoms with Crippen molar-refractivity contribution in [1.82, 2.24) is 15.1 Å².